The third kappa shape index (κ3) is 9.76. The molecule has 2 aromatic heterocycles. The minimum atomic E-state index is -1.12. The van der Waals surface area contributed by atoms with Crippen molar-refractivity contribution >= 4 is 39.3 Å². The SMILES string of the molecule is COc1ccc(CN(Cc2ccc(OC)cc2)c2ncc(CC(NC(=O)[C@H](CC(C)C)NC(C)=O)C(O)c3nc4ccccc4s3)cn2)cc1. The zero-order valence-electron chi connectivity index (χ0n) is 29.0. The topological polar surface area (TPSA) is 139 Å². The van der Waals surface area contributed by atoms with Gasteiger partial charge < -0.3 is 30.1 Å². The number of amides is 2. The molecule has 2 heterocycles. The number of hydrogen-bond donors (Lipinski definition) is 3. The lowest BCUT2D eigenvalue weighted by molar-refractivity contribution is -0.129. The normalized spacial score (nSPS) is 13.0. The zero-order chi connectivity index (χ0) is 35.6. The first-order chi connectivity index (χ1) is 24.1. The summed E-state index contributed by atoms with van der Waals surface area (Å²) in [5.74, 6) is 1.56. The molecule has 50 heavy (non-hydrogen) atoms. The fourth-order valence-corrected chi connectivity index (χ4v) is 6.65. The average Bonchev–Trinajstić information content (AvgIpc) is 3.55. The number of para-hydroxylation sites is 1. The van der Waals surface area contributed by atoms with Crippen molar-refractivity contribution in [3.8, 4) is 11.5 Å². The highest BCUT2D eigenvalue weighted by molar-refractivity contribution is 7.18. The van der Waals surface area contributed by atoms with E-state index < -0.39 is 18.2 Å². The van der Waals surface area contributed by atoms with Gasteiger partial charge in [0, 0.05) is 32.4 Å². The van der Waals surface area contributed by atoms with Gasteiger partial charge in [0.05, 0.1) is 30.5 Å². The molecule has 3 aromatic carbocycles. The maximum Gasteiger partial charge on any atom is 0.242 e. The Labute approximate surface area is 296 Å². The van der Waals surface area contributed by atoms with E-state index in [1.54, 1.807) is 26.6 Å². The molecule has 5 aromatic rings. The first-order valence-electron chi connectivity index (χ1n) is 16.5. The Bertz CT molecular complexity index is 1760. The molecule has 11 nitrogen and oxygen atoms in total. The number of carbonyl (C=O) groups is 2. The fourth-order valence-electron chi connectivity index (χ4n) is 5.63. The molecule has 2 unspecified atom stereocenters. The summed E-state index contributed by atoms with van der Waals surface area (Å²) < 4.78 is 11.6. The summed E-state index contributed by atoms with van der Waals surface area (Å²) in [4.78, 5) is 41.8. The van der Waals surface area contributed by atoms with Crippen LogP contribution in [0.25, 0.3) is 10.2 Å². The van der Waals surface area contributed by atoms with Crippen LogP contribution in [-0.2, 0) is 29.1 Å². The zero-order valence-corrected chi connectivity index (χ0v) is 29.8. The molecule has 262 valence electrons. The Kier molecular flexibility index (Phi) is 12.3. The number of thiazole rings is 1. The van der Waals surface area contributed by atoms with Gasteiger partial charge in [-0.25, -0.2) is 15.0 Å². The summed E-state index contributed by atoms with van der Waals surface area (Å²) >= 11 is 1.38. The number of ether oxygens (including phenoxy) is 2. The number of carbonyl (C=O) groups excluding carboxylic acids is 2. The number of aliphatic hydroxyl groups is 1. The van der Waals surface area contributed by atoms with Crippen molar-refractivity contribution in [2.24, 2.45) is 5.92 Å². The maximum absolute atomic E-state index is 13.6. The molecular weight excluding hydrogens is 653 g/mol. The Morgan fingerprint density at radius 1 is 0.840 bits per heavy atom. The minimum absolute atomic E-state index is 0.157. The van der Waals surface area contributed by atoms with Gasteiger partial charge in [-0.1, -0.05) is 50.2 Å². The average molecular weight is 697 g/mol. The van der Waals surface area contributed by atoms with Crippen molar-refractivity contribution in [3.63, 3.8) is 0 Å². The monoisotopic (exact) mass is 696 g/mol. The molecular formula is C38H44N6O5S. The van der Waals surface area contributed by atoms with Gasteiger partial charge in [0.2, 0.25) is 17.8 Å². The first-order valence-corrected chi connectivity index (χ1v) is 17.4. The minimum Gasteiger partial charge on any atom is -0.497 e. The van der Waals surface area contributed by atoms with Gasteiger partial charge in [-0.2, -0.15) is 0 Å². The summed E-state index contributed by atoms with van der Waals surface area (Å²) in [6, 6.07) is 21.9. The largest absolute Gasteiger partial charge is 0.497 e. The van der Waals surface area contributed by atoms with E-state index in [1.165, 1.54) is 18.3 Å². The first kappa shape index (κ1) is 36.2. The van der Waals surface area contributed by atoms with E-state index in [0.717, 1.165) is 32.8 Å². The lowest BCUT2D eigenvalue weighted by atomic mass is 10.00. The van der Waals surface area contributed by atoms with Gasteiger partial charge in [-0.05, 0) is 71.8 Å². The Morgan fingerprint density at radius 3 is 1.94 bits per heavy atom. The smallest absolute Gasteiger partial charge is 0.242 e. The summed E-state index contributed by atoms with van der Waals surface area (Å²) in [5, 5.41) is 17.9. The molecule has 0 fully saturated rings. The van der Waals surface area contributed by atoms with Crippen LogP contribution in [0.1, 0.15) is 55.0 Å². The molecule has 2 amide bonds. The summed E-state index contributed by atoms with van der Waals surface area (Å²) in [6.07, 6.45) is 3.01. The van der Waals surface area contributed by atoms with E-state index in [9.17, 15) is 14.7 Å². The van der Waals surface area contributed by atoms with Gasteiger partial charge in [-0.15, -0.1) is 11.3 Å². The van der Waals surface area contributed by atoms with E-state index in [2.05, 4.69) is 20.5 Å². The number of benzene rings is 3. The van der Waals surface area contributed by atoms with Crippen molar-refractivity contribution in [3.05, 3.63) is 107 Å². The molecule has 0 radical (unpaired) electrons. The molecule has 0 bridgehead atoms. The predicted octanol–water partition coefficient (Wildman–Crippen LogP) is 5.62. The molecule has 5 rings (SSSR count). The van der Waals surface area contributed by atoms with Gasteiger partial charge in [0.25, 0.3) is 0 Å². The molecule has 12 heteroatoms. The molecule has 0 saturated carbocycles. The number of methoxy groups -OCH3 is 2. The molecule has 3 N–H and O–H groups in total. The Hall–Kier alpha value is -5.07. The van der Waals surface area contributed by atoms with Crippen LogP contribution in [0.15, 0.2) is 85.2 Å². The van der Waals surface area contributed by atoms with Gasteiger partial charge >= 0.3 is 0 Å². The molecule has 0 aliphatic heterocycles. The van der Waals surface area contributed by atoms with Crippen LogP contribution < -0.4 is 25.0 Å². The highest BCUT2D eigenvalue weighted by atomic mass is 32.1. The van der Waals surface area contributed by atoms with Crippen LogP contribution in [0.2, 0.25) is 0 Å². The maximum atomic E-state index is 13.6. The fraction of sp³-hybridized carbons (Fsp3) is 0.342. The lowest BCUT2D eigenvalue weighted by Crippen LogP contribution is -2.51. The van der Waals surface area contributed by atoms with Crippen molar-refractivity contribution in [2.75, 3.05) is 19.1 Å². The van der Waals surface area contributed by atoms with Gasteiger partial charge in [0.15, 0.2) is 0 Å². The van der Waals surface area contributed by atoms with Crippen LogP contribution in [0.3, 0.4) is 0 Å². The second kappa shape index (κ2) is 17.0. The molecule has 0 saturated heterocycles. The number of aliphatic hydroxyl groups excluding tert-OH is 1. The summed E-state index contributed by atoms with van der Waals surface area (Å²) in [6.45, 7) is 6.46. The molecule has 0 aliphatic rings. The lowest BCUT2D eigenvalue weighted by Gasteiger charge is -2.27. The van der Waals surface area contributed by atoms with Crippen molar-refractivity contribution in [2.45, 2.75) is 64.9 Å². The van der Waals surface area contributed by atoms with Crippen LogP contribution in [-0.4, -0.2) is 58.2 Å². The van der Waals surface area contributed by atoms with E-state index in [4.69, 9.17) is 19.4 Å². The summed E-state index contributed by atoms with van der Waals surface area (Å²) in [7, 11) is 3.28. The van der Waals surface area contributed by atoms with E-state index >= 15 is 0 Å². The van der Waals surface area contributed by atoms with Crippen molar-refractivity contribution in [1.82, 2.24) is 25.6 Å². The number of hydrogen-bond acceptors (Lipinski definition) is 10. The molecule has 0 spiro atoms. The number of aromatic nitrogens is 3. The van der Waals surface area contributed by atoms with Crippen LogP contribution in [0, 0.1) is 5.92 Å². The number of fused-ring (bicyclic) bond motifs is 1. The van der Waals surface area contributed by atoms with E-state index in [-0.39, 0.29) is 24.2 Å². The number of anilines is 1. The second-order valence-corrected chi connectivity index (χ2v) is 13.7. The van der Waals surface area contributed by atoms with Crippen LogP contribution in [0.5, 0.6) is 11.5 Å². The number of rotatable bonds is 16. The van der Waals surface area contributed by atoms with Gasteiger partial charge in [0.1, 0.15) is 28.7 Å². The molecule has 0 aliphatic carbocycles. The van der Waals surface area contributed by atoms with Crippen molar-refractivity contribution < 1.29 is 24.2 Å². The third-order valence-corrected chi connectivity index (χ3v) is 9.28. The summed E-state index contributed by atoms with van der Waals surface area (Å²) in [5.41, 5.74) is 3.61. The van der Waals surface area contributed by atoms with E-state index in [0.29, 0.717) is 36.0 Å². The van der Waals surface area contributed by atoms with Gasteiger partial charge in [-0.3, -0.25) is 9.59 Å². The third-order valence-electron chi connectivity index (χ3n) is 8.17. The predicted molar refractivity (Wildman–Crippen MR) is 195 cm³/mol. The second-order valence-electron chi connectivity index (χ2n) is 12.6. The number of nitrogens with one attached hydrogen (secondary N) is 2. The highest BCUT2D eigenvalue weighted by Crippen LogP contribution is 2.29. The van der Waals surface area contributed by atoms with Crippen LogP contribution >= 0.6 is 11.3 Å². The Balaban J connectivity index is 1.41. The standard InChI is InChI=1S/C38H44N6O5S/c1-24(2)18-33(41-25(3)45)36(47)42-32(35(46)37-43-31-8-6-7-9-34(31)50-37)19-28-20-39-38(40-21-28)44(22-26-10-14-29(48-4)15-11-26)23-27-12-16-30(49-5)17-13-27/h6-17,20-21,24,32-33,35,46H,18-19,22-23H2,1-5H3,(H,41,45)(H,42,47)/t32?,33-,35?/m0/s1. The quantitative estimate of drug-likeness (QED) is 0.120. The van der Waals surface area contributed by atoms with Crippen LogP contribution in [0.4, 0.5) is 5.95 Å². The highest BCUT2D eigenvalue weighted by Gasteiger charge is 2.30. The molecule has 3 atom stereocenters. The Morgan fingerprint density at radius 2 is 1.42 bits per heavy atom. The van der Waals surface area contributed by atoms with Crippen molar-refractivity contribution in [1.29, 1.82) is 0 Å². The number of nitrogens with zero attached hydrogens (tertiary/aromatic N) is 4. The van der Waals surface area contributed by atoms with E-state index in [1.807, 2.05) is 86.6 Å².